The van der Waals surface area contributed by atoms with Crippen molar-refractivity contribution in [2.45, 2.75) is 32.6 Å². The van der Waals surface area contributed by atoms with E-state index in [0.29, 0.717) is 13.0 Å². The van der Waals surface area contributed by atoms with E-state index in [2.05, 4.69) is 17.6 Å². The molecule has 0 aromatic heterocycles. The van der Waals surface area contributed by atoms with E-state index in [9.17, 15) is 4.79 Å². The first-order chi connectivity index (χ1) is 11.8. The minimum atomic E-state index is 0.0229. The summed E-state index contributed by atoms with van der Waals surface area (Å²) >= 11 is 0. The number of carbonyl (C=O) groups excluding carboxylic acids is 1. The average Bonchev–Trinajstić information content (AvgIpc) is 2.61. The molecule has 0 aliphatic carbocycles. The van der Waals surface area contributed by atoms with Crippen LogP contribution < -0.4 is 15.4 Å². The van der Waals surface area contributed by atoms with Crippen molar-refractivity contribution >= 4 is 11.6 Å². The van der Waals surface area contributed by atoms with Crippen LogP contribution in [0.4, 0.5) is 5.69 Å². The van der Waals surface area contributed by atoms with Gasteiger partial charge < -0.3 is 15.4 Å². The highest BCUT2D eigenvalue weighted by Crippen LogP contribution is 2.22. The number of hydrogen-bond acceptors (Lipinski definition) is 3. The molecule has 0 aliphatic rings. The first kappa shape index (κ1) is 18.0. The van der Waals surface area contributed by atoms with Crippen LogP contribution in [0.1, 0.15) is 32.6 Å². The zero-order valence-electron chi connectivity index (χ0n) is 14.3. The summed E-state index contributed by atoms with van der Waals surface area (Å²) in [5.41, 5.74) is 0.784. The van der Waals surface area contributed by atoms with Crippen LogP contribution in [0.15, 0.2) is 54.6 Å². The third kappa shape index (κ3) is 6.84. The van der Waals surface area contributed by atoms with Crippen LogP contribution in [0.2, 0.25) is 0 Å². The molecule has 0 unspecified atom stereocenters. The molecule has 0 bridgehead atoms. The second-order valence-corrected chi connectivity index (χ2v) is 5.69. The number of para-hydroxylation sites is 1. The van der Waals surface area contributed by atoms with Crippen LogP contribution in [0.5, 0.6) is 11.5 Å². The van der Waals surface area contributed by atoms with Gasteiger partial charge in [-0.05, 0) is 49.4 Å². The second kappa shape index (κ2) is 10.4. The number of carbonyl (C=O) groups is 1. The van der Waals surface area contributed by atoms with Gasteiger partial charge in [-0.1, -0.05) is 38.0 Å². The Bertz CT molecular complexity index is 597. The Morgan fingerprint density at radius 3 is 2.33 bits per heavy atom. The van der Waals surface area contributed by atoms with E-state index in [1.807, 2.05) is 54.6 Å². The minimum Gasteiger partial charge on any atom is -0.457 e. The molecule has 2 rings (SSSR count). The maximum Gasteiger partial charge on any atom is 0.225 e. The zero-order valence-corrected chi connectivity index (χ0v) is 14.3. The van der Waals surface area contributed by atoms with Gasteiger partial charge in [0.15, 0.2) is 0 Å². The quantitative estimate of drug-likeness (QED) is 0.628. The van der Waals surface area contributed by atoms with Crippen molar-refractivity contribution in [2.24, 2.45) is 0 Å². The van der Waals surface area contributed by atoms with E-state index >= 15 is 0 Å². The largest absolute Gasteiger partial charge is 0.457 e. The Balaban J connectivity index is 1.70. The molecule has 4 heteroatoms. The maximum atomic E-state index is 11.9. The van der Waals surface area contributed by atoms with Crippen LogP contribution in [0, 0.1) is 0 Å². The molecule has 2 aromatic carbocycles. The lowest BCUT2D eigenvalue weighted by atomic mass is 10.2. The Labute approximate surface area is 144 Å². The monoisotopic (exact) mass is 326 g/mol. The molecule has 0 heterocycles. The summed E-state index contributed by atoms with van der Waals surface area (Å²) in [6, 6.07) is 17.0. The molecular formula is C20H26N2O2. The Hall–Kier alpha value is -2.33. The smallest absolute Gasteiger partial charge is 0.225 e. The van der Waals surface area contributed by atoms with Crippen molar-refractivity contribution in [2.75, 3.05) is 18.4 Å². The number of unbranched alkanes of at least 4 members (excludes halogenated alkanes) is 2. The number of rotatable bonds is 10. The molecule has 0 fully saturated rings. The minimum absolute atomic E-state index is 0.0229. The highest BCUT2D eigenvalue weighted by Gasteiger charge is 2.03. The predicted molar refractivity (Wildman–Crippen MR) is 98.6 cm³/mol. The number of nitrogens with one attached hydrogen (secondary N) is 2. The van der Waals surface area contributed by atoms with E-state index in [1.165, 1.54) is 19.3 Å². The fourth-order valence-electron chi connectivity index (χ4n) is 2.28. The number of hydrogen-bond donors (Lipinski definition) is 2. The highest BCUT2D eigenvalue weighted by atomic mass is 16.5. The lowest BCUT2D eigenvalue weighted by Crippen LogP contribution is -2.22. The summed E-state index contributed by atoms with van der Waals surface area (Å²) in [6.07, 6.45) is 4.10. The fourth-order valence-corrected chi connectivity index (χ4v) is 2.28. The van der Waals surface area contributed by atoms with Crippen molar-refractivity contribution in [1.29, 1.82) is 0 Å². The molecule has 128 valence electrons. The molecular weight excluding hydrogens is 300 g/mol. The van der Waals surface area contributed by atoms with E-state index in [-0.39, 0.29) is 5.91 Å². The van der Waals surface area contributed by atoms with Gasteiger partial charge in [-0.2, -0.15) is 0 Å². The topological polar surface area (TPSA) is 50.4 Å². The number of benzene rings is 2. The first-order valence-corrected chi connectivity index (χ1v) is 8.61. The molecule has 0 saturated heterocycles. The van der Waals surface area contributed by atoms with E-state index in [0.717, 1.165) is 23.7 Å². The molecule has 2 aromatic rings. The van der Waals surface area contributed by atoms with Crippen LogP contribution >= 0.6 is 0 Å². The Morgan fingerprint density at radius 2 is 1.62 bits per heavy atom. The lowest BCUT2D eigenvalue weighted by Gasteiger charge is -2.08. The van der Waals surface area contributed by atoms with E-state index in [1.54, 1.807) is 0 Å². The predicted octanol–water partition coefficient (Wildman–Crippen LogP) is 4.59. The standard InChI is InChI=1S/C20H26N2O2/c1-2-3-7-15-21-16-14-20(23)22-17-10-12-19(13-11-17)24-18-8-5-4-6-9-18/h4-6,8-13,21H,2-3,7,14-16H2,1H3,(H,22,23). The summed E-state index contributed by atoms with van der Waals surface area (Å²) in [5, 5.41) is 6.19. The van der Waals surface area contributed by atoms with E-state index < -0.39 is 0 Å². The van der Waals surface area contributed by atoms with Gasteiger partial charge in [0.1, 0.15) is 11.5 Å². The Kier molecular flexibility index (Phi) is 7.84. The van der Waals surface area contributed by atoms with Gasteiger partial charge >= 0.3 is 0 Å². The Morgan fingerprint density at radius 1 is 0.917 bits per heavy atom. The van der Waals surface area contributed by atoms with Crippen LogP contribution in [-0.4, -0.2) is 19.0 Å². The SMILES string of the molecule is CCCCCNCCC(=O)Nc1ccc(Oc2ccccc2)cc1. The fraction of sp³-hybridized carbons (Fsp3) is 0.350. The molecule has 0 spiro atoms. The summed E-state index contributed by atoms with van der Waals surface area (Å²) < 4.78 is 5.73. The molecule has 24 heavy (non-hydrogen) atoms. The van der Waals surface area contributed by atoms with E-state index in [4.69, 9.17) is 4.74 Å². The number of ether oxygens (including phenoxy) is 1. The van der Waals surface area contributed by atoms with Crippen LogP contribution in [0.25, 0.3) is 0 Å². The normalized spacial score (nSPS) is 10.4. The molecule has 2 N–H and O–H groups in total. The van der Waals surface area contributed by atoms with Crippen LogP contribution in [0.3, 0.4) is 0 Å². The summed E-state index contributed by atoms with van der Waals surface area (Å²) in [4.78, 5) is 11.9. The highest BCUT2D eigenvalue weighted by molar-refractivity contribution is 5.90. The average molecular weight is 326 g/mol. The lowest BCUT2D eigenvalue weighted by molar-refractivity contribution is -0.116. The van der Waals surface area contributed by atoms with Crippen LogP contribution in [-0.2, 0) is 4.79 Å². The number of amides is 1. The van der Waals surface area contributed by atoms with Crippen molar-refractivity contribution < 1.29 is 9.53 Å². The molecule has 4 nitrogen and oxygen atoms in total. The van der Waals surface area contributed by atoms with Gasteiger partial charge in [0.05, 0.1) is 0 Å². The summed E-state index contributed by atoms with van der Waals surface area (Å²) in [6.45, 7) is 3.88. The van der Waals surface area contributed by atoms with Gasteiger partial charge in [0.2, 0.25) is 5.91 Å². The van der Waals surface area contributed by atoms with Gasteiger partial charge in [0.25, 0.3) is 0 Å². The van der Waals surface area contributed by atoms with Gasteiger partial charge in [-0.25, -0.2) is 0 Å². The maximum absolute atomic E-state index is 11.9. The van der Waals surface area contributed by atoms with Gasteiger partial charge in [-0.15, -0.1) is 0 Å². The van der Waals surface area contributed by atoms with Crippen molar-refractivity contribution in [1.82, 2.24) is 5.32 Å². The van der Waals surface area contributed by atoms with Crippen molar-refractivity contribution in [3.63, 3.8) is 0 Å². The van der Waals surface area contributed by atoms with Gasteiger partial charge in [0, 0.05) is 18.7 Å². The number of anilines is 1. The van der Waals surface area contributed by atoms with Gasteiger partial charge in [-0.3, -0.25) is 4.79 Å². The third-order valence-electron chi connectivity index (χ3n) is 3.60. The molecule has 0 radical (unpaired) electrons. The first-order valence-electron chi connectivity index (χ1n) is 8.61. The zero-order chi connectivity index (χ0) is 17.0. The third-order valence-corrected chi connectivity index (χ3v) is 3.60. The molecule has 0 aliphatic heterocycles. The van der Waals surface area contributed by atoms with Crippen molar-refractivity contribution in [3.8, 4) is 11.5 Å². The summed E-state index contributed by atoms with van der Waals surface area (Å²) in [5.74, 6) is 1.56. The van der Waals surface area contributed by atoms with Crippen molar-refractivity contribution in [3.05, 3.63) is 54.6 Å². The summed E-state index contributed by atoms with van der Waals surface area (Å²) in [7, 11) is 0. The molecule has 0 saturated carbocycles. The molecule has 0 atom stereocenters. The molecule has 1 amide bonds. The second-order valence-electron chi connectivity index (χ2n) is 5.69.